The van der Waals surface area contributed by atoms with E-state index in [4.69, 9.17) is 9.72 Å². The monoisotopic (exact) mass is 544 g/mol. The molecule has 40 heavy (non-hydrogen) atoms. The maximum Gasteiger partial charge on any atom is 0.317 e. The molecule has 2 amide bonds. The lowest BCUT2D eigenvalue weighted by Crippen LogP contribution is -2.47. The van der Waals surface area contributed by atoms with E-state index in [0.717, 1.165) is 48.7 Å². The molecular weight excluding hydrogens is 504 g/mol. The number of ether oxygens (including phenoxy) is 1. The lowest BCUT2D eigenvalue weighted by molar-refractivity contribution is 0.0697. The number of benzene rings is 1. The quantitative estimate of drug-likeness (QED) is 0.458. The molecule has 2 aromatic heterocycles. The summed E-state index contributed by atoms with van der Waals surface area (Å²) in [5, 5.41) is 7.49. The lowest BCUT2D eigenvalue weighted by Gasteiger charge is -2.32. The Labute approximate surface area is 235 Å². The molecule has 1 saturated carbocycles. The third-order valence-corrected chi connectivity index (χ3v) is 8.90. The largest absolute Gasteiger partial charge is 0.381 e. The van der Waals surface area contributed by atoms with Crippen LogP contribution < -0.4 is 16.2 Å². The average molecular weight is 545 g/mol. The molecule has 1 aliphatic carbocycles. The average Bonchev–Trinajstić information content (AvgIpc) is 3.51. The molecule has 3 aliphatic rings. The minimum absolute atomic E-state index is 0.0183. The van der Waals surface area contributed by atoms with Crippen molar-refractivity contribution in [3.63, 3.8) is 0 Å². The topological polar surface area (TPSA) is 101 Å². The summed E-state index contributed by atoms with van der Waals surface area (Å²) in [7, 11) is 0. The lowest BCUT2D eigenvalue weighted by atomic mass is 10.00. The first-order valence-corrected chi connectivity index (χ1v) is 14.9. The number of carbonyl (C=O) groups excluding carboxylic acids is 1. The fourth-order valence-electron chi connectivity index (χ4n) is 6.51. The van der Waals surface area contributed by atoms with Crippen LogP contribution in [0, 0.1) is 12.8 Å². The van der Waals surface area contributed by atoms with E-state index in [2.05, 4.69) is 15.6 Å². The number of aryl methyl sites for hydroxylation is 1. The number of nitrogens with zero attached hydrogens (tertiary/aromatic N) is 4. The Hall–Kier alpha value is -3.46. The van der Waals surface area contributed by atoms with Crippen molar-refractivity contribution in [2.24, 2.45) is 5.92 Å². The fraction of sp³-hybridized carbons (Fsp3) is 0.548. The van der Waals surface area contributed by atoms with Crippen molar-refractivity contribution in [3.05, 3.63) is 52.4 Å². The number of hydrogen-bond acceptors (Lipinski definition) is 6. The molecule has 3 fully saturated rings. The highest BCUT2D eigenvalue weighted by Gasteiger charge is 2.26. The summed E-state index contributed by atoms with van der Waals surface area (Å²) in [6, 6.07) is 10.2. The van der Waals surface area contributed by atoms with E-state index in [1.54, 1.807) is 0 Å². The number of likely N-dealkylation sites (tertiary alicyclic amines) is 1. The molecule has 0 unspecified atom stereocenters. The van der Waals surface area contributed by atoms with Crippen LogP contribution in [0.5, 0.6) is 0 Å². The van der Waals surface area contributed by atoms with Crippen LogP contribution in [0.25, 0.3) is 22.2 Å². The summed E-state index contributed by atoms with van der Waals surface area (Å²) in [6.07, 6.45) is 10.1. The van der Waals surface area contributed by atoms with Crippen molar-refractivity contribution >= 4 is 23.0 Å². The van der Waals surface area contributed by atoms with Gasteiger partial charge in [0, 0.05) is 62.1 Å². The summed E-state index contributed by atoms with van der Waals surface area (Å²) in [5.74, 6) is 1.17. The summed E-state index contributed by atoms with van der Waals surface area (Å²) < 4.78 is 7.48. The number of urea groups is 1. The fourth-order valence-corrected chi connectivity index (χ4v) is 6.51. The predicted octanol–water partition coefficient (Wildman–Crippen LogP) is 4.89. The molecule has 212 valence electrons. The molecule has 3 aromatic rings. The van der Waals surface area contributed by atoms with Gasteiger partial charge in [-0.25, -0.2) is 9.78 Å². The van der Waals surface area contributed by atoms with Gasteiger partial charge in [-0.05, 0) is 68.6 Å². The van der Waals surface area contributed by atoms with E-state index in [0.29, 0.717) is 49.4 Å². The zero-order valence-corrected chi connectivity index (χ0v) is 23.4. The van der Waals surface area contributed by atoms with Gasteiger partial charge in [0.1, 0.15) is 5.65 Å². The molecule has 0 radical (unpaired) electrons. The number of fused-ring (bicyclic) bond motifs is 1. The van der Waals surface area contributed by atoms with Crippen molar-refractivity contribution in [2.45, 2.75) is 70.4 Å². The van der Waals surface area contributed by atoms with E-state index in [1.807, 2.05) is 52.9 Å². The second kappa shape index (κ2) is 12.0. The van der Waals surface area contributed by atoms with E-state index in [9.17, 15) is 9.59 Å². The van der Waals surface area contributed by atoms with Gasteiger partial charge in [-0.15, -0.1) is 0 Å². The Balaban J connectivity index is 1.20. The highest BCUT2D eigenvalue weighted by molar-refractivity contribution is 5.82. The maximum absolute atomic E-state index is 14.0. The minimum atomic E-state index is -0.0183. The first-order valence-electron chi connectivity index (χ1n) is 14.9. The van der Waals surface area contributed by atoms with Crippen LogP contribution in [0.4, 0.5) is 10.7 Å². The Morgan fingerprint density at radius 3 is 2.52 bits per heavy atom. The highest BCUT2D eigenvalue weighted by Crippen LogP contribution is 2.29. The van der Waals surface area contributed by atoms with E-state index in [-0.39, 0.29) is 23.7 Å². The molecule has 2 N–H and O–H groups in total. The molecular formula is C31H40N6O3. The third kappa shape index (κ3) is 5.70. The first-order chi connectivity index (χ1) is 19.6. The summed E-state index contributed by atoms with van der Waals surface area (Å²) in [4.78, 5) is 38.1. The van der Waals surface area contributed by atoms with Gasteiger partial charge in [0.2, 0.25) is 5.95 Å². The van der Waals surface area contributed by atoms with Crippen LogP contribution in [0.2, 0.25) is 0 Å². The molecule has 0 bridgehead atoms. The van der Waals surface area contributed by atoms with Crippen molar-refractivity contribution in [3.8, 4) is 11.1 Å². The number of rotatable bonds is 6. The van der Waals surface area contributed by atoms with E-state index < -0.39 is 0 Å². The zero-order chi connectivity index (χ0) is 27.5. The van der Waals surface area contributed by atoms with Crippen LogP contribution in [0.15, 0.2) is 41.3 Å². The van der Waals surface area contributed by atoms with E-state index in [1.165, 1.54) is 25.7 Å². The highest BCUT2D eigenvalue weighted by atomic mass is 16.5. The maximum atomic E-state index is 14.0. The SMILES string of the molecule is Cc1ccccc1-c1cc2cnc(NC3CCN(C(=O)NCC4CCCC4)CC3)nc2n(C2CCOCC2)c1=O. The number of hydrogen-bond donors (Lipinski definition) is 2. The van der Waals surface area contributed by atoms with E-state index >= 15 is 0 Å². The van der Waals surface area contributed by atoms with Gasteiger partial charge in [-0.2, -0.15) is 4.98 Å². The Morgan fingerprint density at radius 2 is 1.77 bits per heavy atom. The number of carbonyl (C=O) groups is 1. The number of amides is 2. The molecule has 2 saturated heterocycles. The molecule has 2 aliphatic heterocycles. The van der Waals surface area contributed by atoms with Crippen LogP contribution in [-0.4, -0.2) is 64.4 Å². The Morgan fingerprint density at radius 1 is 1.02 bits per heavy atom. The summed E-state index contributed by atoms with van der Waals surface area (Å²) in [5.41, 5.74) is 3.33. The number of piperidine rings is 1. The minimum Gasteiger partial charge on any atom is -0.381 e. The van der Waals surface area contributed by atoms with Crippen molar-refractivity contribution < 1.29 is 9.53 Å². The number of nitrogens with one attached hydrogen (secondary N) is 2. The molecule has 4 heterocycles. The molecule has 6 rings (SSSR count). The molecule has 0 atom stereocenters. The van der Waals surface area contributed by atoms with Gasteiger partial charge >= 0.3 is 6.03 Å². The third-order valence-electron chi connectivity index (χ3n) is 8.90. The van der Waals surface area contributed by atoms with Crippen LogP contribution in [0.3, 0.4) is 0 Å². The summed E-state index contributed by atoms with van der Waals surface area (Å²) in [6.45, 7) is 5.50. The summed E-state index contributed by atoms with van der Waals surface area (Å²) >= 11 is 0. The second-order valence-corrected chi connectivity index (χ2v) is 11.6. The van der Waals surface area contributed by atoms with Crippen molar-refractivity contribution in [1.82, 2.24) is 24.8 Å². The van der Waals surface area contributed by atoms with Crippen LogP contribution in [0.1, 0.15) is 63.0 Å². The predicted molar refractivity (Wildman–Crippen MR) is 157 cm³/mol. The van der Waals surface area contributed by atoms with Crippen LogP contribution in [-0.2, 0) is 4.74 Å². The second-order valence-electron chi connectivity index (χ2n) is 11.6. The number of anilines is 1. The Bertz CT molecular complexity index is 1400. The van der Waals surface area contributed by atoms with Crippen molar-refractivity contribution in [2.75, 3.05) is 38.2 Å². The van der Waals surface area contributed by atoms with Crippen LogP contribution >= 0.6 is 0 Å². The van der Waals surface area contributed by atoms with Gasteiger partial charge in [-0.3, -0.25) is 9.36 Å². The zero-order valence-electron chi connectivity index (χ0n) is 23.4. The van der Waals surface area contributed by atoms with Gasteiger partial charge in [0.05, 0.1) is 0 Å². The number of aromatic nitrogens is 3. The molecule has 0 spiro atoms. The van der Waals surface area contributed by atoms with Gasteiger partial charge in [0.25, 0.3) is 5.56 Å². The normalized spacial score (nSPS) is 19.3. The van der Waals surface area contributed by atoms with Crippen molar-refractivity contribution in [1.29, 1.82) is 0 Å². The number of pyridine rings is 1. The van der Waals surface area contributed by atoms with Gasteiger partial charge in [-0.1, -0.05) is 37.1 Å². The molecule has 9 nitrogen and oxygen atoms in total. The van der Waals surface area contributed by atoms with Gasteiger partial charge < -0.3 is 20.3 Å². The standard InChI is InChI=1S/C31H40N6O3/c1-21-6-2-5-9-26(21)27-18-23-20-32-30(35-28(23)37(29(27)38)25-12-16-40-17-13-25)34-24-10-14-36(15-11-24)31(39)33-19-22-7-3-4-8-22/h2,5-6,9,18,20,22,24-25H,3-4,7-8,10-17,19H2,1H3,(H,33,39)(H,32,34,35). The molecule has 9 heteroatoms. The van der Waals surface area contributed by atoms with Gasteiger partial charge in [0.15, 0.2) is 0 Å². The Kier molecular flexibility index (Phi) is 8.00. The molecule has 1 aromatic carbocycles. The smallest absolute Gasteiger partial charge is 0.317 e. The first kappa shape index (κ1) is 26.7.